The maximum Gasteiger partial charge on any atom is 0.271 e. The number of benzene rings is 1. The molecular formula is C19H22ClN3O3S. The second-order valence-corrected chi connectivity index (χ2v) is 9.33. The minimum Gasteiger partial charge on any atom is -0.331 e. The van der Waals surface area contributed by atoms with E-state index >= 15 is 0 Å². The van der Waals surface area contributed by atoms with E-state index in [9.17, 15) is 14.9 Å². The Kier molecular flexibility index (Phi) is 4.84. The lowest BCUT2D eigenvalue weighted by atomic mass is 9.49. The van der Waals surface area contributed by atoms with Gasteiger partial charge in [0.15, 0.2) is 5.11 Å². The Hall–Kier alpha value is -1.73. The number of halogens is 1. The smallest absolute Gasteiger partial charge is 0.271 e. The van der Waals surface area contributed by atoms with Gasteiger partial charge in [-0.3, -0.25) is 14.9 Å². The SMILES string of the molecule is O=C(CC12CC3CC(CC(C3)C1)C2)NC(=S)Nc1cc([N+](=O)[O-])ccc1Cl. The van der Waals surface area contributed by atoms with Crippen molar-refractivity contribution in [2.24, 2.45) is 23.2 Å². The maximum atomic E-state index is 12.6. The van der Waals surface area contributed by atoms with Crippen LogP contribution in [0.25, 0.3) is 0 Å². The fraction of sp³-hybridized carbons (Fsp3) is 0.579. The molecular weight excluding hydrogens is 386 g/mol. The van der Waals surface area contributed by atoms with Crippen LogP contribution in [0.2, 0.25) is 5.02 Å². The first-order valence-corrected chi connectivity index (χ1v) is 10.2. The summed E-state index contributed by atoms with van der Waals surface area (Å²) in [6, 6.07) is 4.06. The molecule has 0 unspecified atom stereocenters. The number of nitro benzene ring substituents is 1. The summed E-state index contributed by atoms with van der Waals surface area (Å²) in [5, 5.41) is 16.9. The normalized spacial score (nSPS) is 30.8. The maximum absolute atomic E-state index is 12.6. The third kappa shape index (κ3) is 3.94. The Balaban J connectivity index is 1.37. The fourth-order valence-electron chi connectivity index (χ4n) is 5.89. The lowest BCUT2D eigenvalue weighted by molar-refractivity contribution is -0.384. The predicted molar refractivity (Wildman–Crippen MR) is 108 cm³/mol. The zero-order valence-corrected chi connectivity index (χ0v) is 16.4. The molecule has 8 heteroatoms. The average Bonchev–Trinajstić information content (AvgIpc) is 2.54. The van der Waals surface area contributed by atoms with Crippen molar-refractivity contribution in [3.05, 3.63) is 33.3 Å². The van der Waals surface area contributed by atoms with Crippen molar-refractivity contribution >= 4 is 46.2 Å². The van der Waals surface area contributed by atoms with Crippen LogP contribution in [0.3, 0.4) is 0 Å². The summed E-state index contributed by atoms with van der Waals surface area (Å²) in [6.45, 7) is 0. The fourth-order valence-corrected chi connectivity index (χ4v) is 6.28. The zero-order valence-electron chi connectivity index (χ0n) is 14.9. The molecule has 27 heavy (non-hydrogen) atoms. The van der Waals surface area contributed by atoms with E-state index in [0.29, 0.717) is 17.1 Å². The van der Waals surface area contributed by atoms with Gasteiger partial charge in [0, 0.05) is 18.6 Å². The molecule has 0 atom stereocenters. The van der Waals surface area contributed by atoms with Crippen LogP contribution in [0, 0.1) is 33.3 Å². The van der Waals surface area contributed by atoms with E-state index in [-0.39, 0.29) is 22.1 Å². The zero-order chi connectivity index (χ0) is 19.2. The molecule has 0 aromatic heterocycles. The van der Waals surface area contributed by atoms with E-state index in [2.05, 4.69) is 10.6 Å². The quantitative estimate of drug-likeness (QED) is 0.430. The Morgan fingerprint density at radius 2 is 1.81 bits per heavy atom. The Morgan fingerprint density at radius 1 is 1.22 bits per heavy atom. The van der Waals surface area contributed by atoms with E-state index in [1.807, 2.05) is 0 Å². The van der Waals surface area contributed by atoms with Crippen molar-refractivity contribution in [2.75, 3.05) is 5.32 Å². The van der Waals surface area contributed by atoms with Crippen LogP contribution in [0.15, 0.2) is 18.2 Å². The van der Waals surface area contributed by atoms with Gasteiger partial charge in [0.2, 0.25) is 5.91 Å². The summed E-state index contributed by atoms with van der Waals surface area (Å²) in [5.41, 5.74) is 0.355. The van der Waals surface area contributed by atoms with Crippen molar-refractivity contribution < 1.29 is 9.72 Å². The molecule has 0 saturated heterocycles. The van der Waals surface area contributed by atoms with Crippen LogP contribution in [-0.4, -0.2) is 15.9 Å². The van der Waals surface area contributed by atoms with Gasteiger partial charge in [-0.25, -0.2) is 0 Å². The van der Waals surface area contributed by atoms with Crippen molar-refractivity contribution in [1.29, 1.82) is 0 Å². The van der Waals surface area contributed by atoms with Gasteiger partial charge >= 0.3 is 0 Å². The molecule has 0 radical (unpaired) electrons. The molecule has 4 aliphatic carbocycles. The number of nitrogens with zero attached hydrogens (tertiary/aromatic N) is 1. The first-order chi connectivity index (χ1) is 12.8. The lowest BCUT2D eigenvalue weighted by Gasteiger charge is -2.56. The predicted octanol–water partition coefficient (Wildman–Crippen LogP) is 4.67. The molecule has 144 valence electrons. The average molecular weight is 408 g/mol. The molecule has 0 heterocycles. The summed E-state index contributed by atoms with van der Waals surface area (Å²) in [5.74, 6) is 2.28. The first-order valence-electron chi connectivity index (χ1n) is 9.37. The topological polar surface area (TPSA) is 84.3 Å². The second kappa shape index (κ2) is 7.02. The van der Waals surface area contributed by atoms with Crippen molar-refractivity contribution in [3.63, 3.8) is 0 Å². The second-order valence-electron chi connectivity index (χ2n) is 8.52. The molecule has 6 nitrogen and oxygen atoms in total. The van der Waals surface area contributed by atoms with Gasteiger partial charge in [0.25, 0.3) is 5.69 Å². The summed E-state index contributed by atoms with van der Waals surface area (Å²) in [4.78, 5) is 23.0. The van der Waals surface area contributed by atoms with Gasteiger partial charge in [-0.15, -0.1) is 0 Å². The summed E-state index contributed by atoms with van der Waals surface area (Å²) < 4.78 is 0. The highest BCUT2D eigenvalue weighted by atomic mass is 35.5. The number of carbonyl (C=O) groups is 1. The Morgan fingerprint density at radius 3 is 2.37 bits per heavy atom. The minimum absolute atomic E-state index is 0.0870. The molecule has 0 spiro atoms. The van der Waals surface area contributed by atoms with Crippen molar-refractivity contribution in [3.8, 4) is 0 Å². The monoisotopic (exact) mass is 407 g/mol. The third-order valence-electron chi connectivity index (χ3n) is 6.36. The van der Waals surface area contributed by atoms with E-state index < -0.39 is 4.92 Å². The number of anilines is 1. The molecule has 0 aliphatic heterocycles. The molecule has 4 fully saturated rings. The number of nitrogens with one attached hydrogen (secondary N) is 2. The molecule has 4 aliphatic rings. The van der Waals surface area contributed by atoms with Crippen molar-refractivity contribution in [1.82, 2.24) is 5.32 Å². The summed E-state index contributed by atoms with van der Waals surface area (Å²) >= 11 is 11.3. The number of hydrogen-bond acceptors (Lipinski definition) is 4. The van der Waals surface area contributed by atoms with E-state index in [4.69, 9.17) is 23.8 Å². The highest BCUT2D eigenvalue weighted by molar-refractivity contribution is 7.80. The van der Waals surface area contributed by atoms with Crippen LogP contribution in [0.5, 0.6) is 0 Å². The molecule has 2 N–H and O–H groups in total. The lowest BCUT2D eigenvalue weighted by Crippen LogP contribution is -2.48. The standard InChI is InChI=1S/C19H22ClN3O3S/c20-15-2-1-14(23(25)26)6-16(15)21-18(27)22-17(24)10-19-7-11-3-12(8-19)5-13(4-11)9-19/h1-2,6,11-13H,3-5,7-10H2,(H2,21,22,24,27). The highest BCUT2D eigenvalue weighted by Gasteiger charge is 2.51. The van der Waals surface area contributed by atoms with Crippen LogP contribution in [0.4, 0.5) is 11.4 Å². The summed E-state index contributed by atoms with van der Waals surface area (Å²) in [7, 11) is 0. The van der Waals surface area contributed by atoms with Gasteiger partial charge < -0.3 is 10.6 Å². The number of non-ortho nitro benzene ring substituents is 1. The molecule has 5 rings (SSSR count). The number of nitro groups is 1. The van der Waals surface area contributed by atoms with Gasteiger partial charge in [0.05, 0.1) is 15.6 Å². The summed E-state index contributed by atoms with van der Waals surface area (Å²) in [6.07, 6.45) is 7.99. The number of amides is 1. The minimum atomic E-state index is -0.504. The number of rotatable bonds is 4. The molecule has 1 aromatic carbocycles. The van der Waals surface area contributed by atoms with E-state index in [1.165, 1.54) is 37.5 Å². The van der Waals surface area contributed by atoms with Crippen LogP contribution >= 0.6 is 23.8 Å². The van der Waals surface area contributed by atoms with E-state index in [0.717, 1.165) is 37.0 Å². The van der Waals surface area contributed by atoms with Gasteiger partial charge in [0.1, 0.15) is 0 Å². The first kappa shape index (κ1) is 18.6. The van der Waals surface area contributed by atoms with Gasteiger partial charge in [-0.05, 0) is 80.0 Å². The van der Waals surface area contributed by atoms with Gasteiger partial charge in [-0.2, -0.15) is 0 Å². The third-order valence-corrected chi connectivity index (χ3v) is 6.90. The molecule has 4 saturated carbocycles. The molecule has 1 amide bonds. The Bertz CT molecular complexity index is 778. The number of carbonyl (C=O) groups excluding carboxylic acids is 1. The van der Waals surface area contributed by atoms with Crippen LogP contribution in [-0.2, 0) is 4.79 Å². The Labute approximate surface area is 168 Å². The van der Waals surface area contributed by atoms with Crippen LogP contribution in [0.1, 0.15) is 44.9 Å². The highest BCUT2D eigenvalue weighted by Crippen LogP contribution is 2.61. The molecule has 4 bridgehead atoms. The number of thiocarbonyl (C=S) groups is 1. The van der Waals surface area contributed by atoms with Crippen LogP contribution < -0.4 is 10.6 Å². The van der Waals surface area contributed by atoms with Gasteiger partial charge in [-0.1, -0.05) is 11.6 Å². The molecule has 1 aromatic rings. The van der Waals surface area contributed by atoms with Crippen molar-refractivity contribution in [2.45, 2.75) is 44.9 Å². The van der Waals surface area contributed by atoms with E-state index in [1.54, 1.807) is 0 Å². The number of hydrogen-bond donors (Lipinski definition) is 2. The largest absolute Gasteiger partial charge is 0.331 e.